The zero-order chi connectivity index (χ0) is 12.9. The van der Waals surface area contributed by atoms with Gasteiger partial charge in [-0.05, 0) is 31.8 Å². The Morgan fingerprint density at radius 3 is 2.76 bits per heavy atom. The second kappa shape index (κ2) is 5.97. The fourth-order valence-electron chi connectivity index (χ4n) is 1.96. The summed E-state index contributed by atoms with van der Waals surface area (Å²) in [4.78, 5) is 27.1. The number of nitrogens with one attached hydrogen (secondary N) is 2. The molecule has 0 aliphatic carbocycles. The highest BCUT2D eigenvalue weighted by Gasteiger charge is 2.37. The summed E-state index contributed by atoms with van der Waals surface area (Å²) in [7, 11) is 0. The molecule has 1 unspecified atom stereocenters. The van der Waals surface area contributed by atoms with E-state index in [-0.39, 0.29) is 18.4 Å². The quantitative estimate of drug-likeness (QED) is 0.570. The Labute approximate surface area is 101 Å². The summed E-state index contributed by atoms with van der Waals surface area (Å²) in [6, 6.07) is 0. The topological polar surface area (TPSA) is 93.4 Å². The van der Waals surface area contributed by atoms with E-state index in [1.54, 1.807) is 0 Å². The lowest BCUT2D eigenvalue weighted by Crippen LogP contribution is -2.47. The first-order chi connectivity index (χ1) is 7.94. The first-order valence-electron chi connectivity index (χ1n) is 5.86. The summed E-state index contributed by atoms with van der Waals surface area (Å²) in [6.45, 7) is 5.30. The summed E-state index contributed by atoms with van der Waals surface area (Å²) in [5, 5.41) is 3.28. The maximum absolute atomic E-state index is 11.9. The number of piperidine rings is 1. The minimum atomic E-state index is -0.609. The van der Waals surface area contributed by atoms with Crippen LogP contribution in [0.3, 0.4) is 0 Å². The van der Waals surface area contributed by atoms with E-state index in [9.17, 15) is 9.59 Å². The Hall–Kier alpha value is -1.14. The molecule has 1 aliphatic heterocycles. The smallest absolute Gasteiger partial charge is 0.249 e. The maximum Gasteiger partial charge on any atom is 0.249 e. The monoisotopic (exact) mass is 243 g/mol. The van der Waals surface area contributed by atoms with Gasteiger partial charge in [0.2, 0.25) is 11.8 Å². The van der Waals surface area contributed by atoms with Gasteiger partial charge < -0.3 is 11.1 Å². The fourth-order valence-corrected chi connectivity index (χ4v) is 1.96. The standard InChI is InChI=1S/C11H21N3O3/c1-11(2,8-4-3-5-13-6-8)10(16)14-17-7-9(12)15/h8,13H,3-7H2,1-2H3,(H2,12,15)(H,14,16). The lowest BCUT2D eigenvalue weighted by Gasteiger charge is -2.35. The molecule has 0 saturated carbocycles. The van der Waals surface area contributed by atoms with Crippen LogP contribution < -0.4 is 16.5 Å². The molecule has 98 valence electrons. The van der Waals surface area contributed by atoms with Crippen LogP contribution in [0.1, 0.15) is 26.7 Å². The third-order valence-electron chi connectivity index (χ3n) is 3.28. The zero-order valence-electron chi connectivity index (χ0n) is 10.4. The molecule has 1 rings (SSSR count). The normalized spacial score (nSPS) is 20.9. The molecule has 0 aromatic rings. The molecule has 2 amide bonds. The number of primary amides is 1. The molecule has 0 spiro atoms. The summed E-state index contributed by atoms with van der Waals surface area (Å²) in [5.74, 6) is -0.552. The van der Waals surface area contributed by atoms with Crippen LogP contribution in [0.15, 0.2) is 0 Å². The lowest BCUT2D eigenvalue weighted by molar-refractivity contribution is -0.148. The Bertz CT molecular complexity index is 286. The van der Waals surface area contributed by atoms with Gasteiger partial charge in [0, 0.05) is 5.41 Å². The van der Waals surface area contributed by atoms with Gasteiger partial charge in [0.25, 0.3) is 0 Å². The second-order valence-electron chi connectivity index (χ2n) is 4.95. The highest BCUT2D eigenvalue weighted by Crippen LogP contribution is 2.31. The predicted octanol–water partition coefficient (Wildman–Crippen LogP) is -0.455. The van der Waals surface area contributed by atoms with Crippen molar-refractivity contribution in [3.63, 3.8) is 0 Å². The van der Waals surface area contributed by atoms with Crippen LogP contribution in [-0.2, 0) is 14.4 Å². The van der Waals surface area contributed by atoms with Gasteiger partial charge in [0.15, 0.2) is 6.61 Å². The average Bonchev–Trinajstić information content (AvgIpc) is 2.29. The van der Waals surface area contributed by atoms with Gasteiger partial charge in [0.1, 0.15) is 0 Å². The van der Waals surface area contributed by atoms with Crippen molar-refractivity contribution < 1.29 is 14.4 Å². The van der Waals surface area contributed by atoms with E-state index >= 15 is 0 Å². The molecule has 1 fully saturated rings. The second-order valence-corrected chi connectivity index (χ2v) is 4.95. The van der Waals surface area contributed by atoms with Crippen molar-refractivity contribution in [2.45, 2.75) is 26.7 Å². The molecule has 0 aromatic carbocycles. The number of rotatable bonds is 5. The first-order valence-corrected chi connectivity index (χ1v) is 5.86. The van der Waals surface area contributed by atoms with Crippen molar-refractivity contribution in [2.24, 2.45) is 17.1 Å². The van der Waals surface area contributed by atoms with Crippen molar-refractivity contribution in [2.75, 3.05) is 19.7 Å². The third kappa shape index (κ3) is 3.98. The van der Waals surface area contributed by atoms with Crippen LogP contribution in [0, 0.1) is 11.3 Å². The van der Waals surface area contributed by atoms with Crippen LogP contribution in [0.25, 0.3) is 0 Å². The van der Waals surface area contributed by atoms with Gasteiger partial charge in [-0.25, -0.2) is 5.48 Å². The summed E-state index contributed by atoms with van der Waals surface area (Å²) < 4.78 is 0. The molecule has 0 radical (unpaired) electrons. The van der Waals surface area contributed by atoms with E-state index in [0.29, 0.717) is 0 Å². The van der Waals surface area contributed by atoms with Crippen LogP contribution in [-0.4, -0.2) is 31.5 Å². The fraction of sp³-hybridized carbons (Fsp3) is 0.818. The number of carbonyl (C=O) groups excluding carboxylic acids is 2. The molecule has 4 N–H and O–H groups in total. The van der Waals surface area contributed by atoms with E-state index in [4.69, 9.17) is 10.6 Å². The van der Waals surface area contributed by atoms with Gasteiger partial charge in [-0.3, -0.25) is 14.4 Å². The van der Waals surface area contributed by atoms with E-state index < -0.39 is 11.3 Å². The molecule has 6 heteroatoms. The van der Waals surface area contributed by atoms with Crippen molar-refractivity contribution >= 4 is 11.8 Å². The molecule has 1 heterocycles. The average molecular weight is 243 g/mol. The molecule has 1 saturated heterocycles. The van der Waals surface area contributed by atoms with Crippen LogP contribution in [0.5, 0.6) is 0 Å². The van der Waals surface area contributed by atoms with Crippen LogP contribution in [0.2, 0.25) is 0 Å². The van der Waals surface area contributed by atoms with E-state index in [0.717, 1.165) is 25.9 Å². The van der Waals surface area contributed by atoms with E-state index in [1.807, 2.05) is 13.8 Å². The van der Waals surface area contributed by atoms with E-state index in [1.165, 1.54) is 0 Å². The van der Waals surface area contributed by atoms with Crippen molar-refractivity contribution in [1.29, 1.82) is 0 Å². The Morgan fingerprint density at radius 2 is 2.24 bits per heavy atom. The number of hydrogen-bond donors (Lipinski definition) is 3. The molecule has 6 nitrogen and oxygen atoms in total. The van der Waals surface area contributed by atoms with Gasteiger partial charge in [-0.15, -0.1) is 0 Å². The third-order valence-corrected chi connectivity index (χ3v) is 3.28. The largest absolute Gasteiger partial charge is 0.368 e. The molecule has 0 aromatic heterocycles. The summed E-state index contributed by atoms with van der Waals surface area (Å²) >= 11 is 0. The van der Waals surface area contributed by atoms with Gasteiger partial charge in [-0.1, -0.05) is 13.8 Å². The maximum atomic E-state index is 11.9. The first kappa shape index (κ1) is 13.9. The minimum Gasteiger partial charge on any atom is -0.368 e. The Kier molecular flexibility index (Phi) is 4.89. The molecule has 0 bridgehead atoms. The molecular formula is C11H21N3O3. The zero-order valence-corrected chi connectivity index (χ0v) is 10.4. The van der Waals surface area contributed by atoms with Crippen molar-refractivity contribution in [3.05, 3.63) is 0 Å². The van der Waals surface area contributed by atoms with Crippen LogP contribution >= 0.6 is 0 Å². The molecule has 1 aliphatic rings. The minimum absolute atomic E-state index is 0.215. The molecule has 1 atom stereocenters. The highest BCUT2D eigenvalue weighted by molar-refractivity contribution is 5.81. The Morgan fingerprint density at radius 1 is 1.53 bits per heavy atom. The predicted molar refractivity (Wildman–Crippen MR) is 62.7 cm³/mol. The number of carbonyl (C=O) groups is 2. The summed E-state index contributed by atoms with van der Waals surface area (Å²) in [5.41, 5.74) is 6.67. The number of nitrogens with two attached hydrogens (primary N) is 1. The lowest BCUT2D eigenvalue weighted by atomic mass is 9.74. The van der Waals surface area contributed by atoms with Crippen LogP contribution in [0.4, 0.5) is 0 Å². The van der Waals surface area contributed by atoms with Crippen molar-refractivity contribution in [1.82, 2.24) is 10.8 Å². The summed E-state index contributed by atoms with van der Waals surface area (Å²) in [6.07, 6.45) is 2.09. The number of amides is 2. The van der Waals surface area contributed by atoms with E-state index in [2.05, 4.69) is 10.8 Å². The van der Waals surface area contributed by atoms with Gasteiger partial charge in [-0.2, -0.15) is 0 Å². The molecular weight excluding hydrogens is 222 g/mol. The van der Waals surface area contributed by atoms with Gasteiger partial charge in [0.05, 0.1) is 0 Å². The SMILES string of the molecule is CC(C)(C(=O)NOCC(N)=O)C1CCCNC1. The van der Waals surface area contributed by atoms with Gasteiger partial charge >= 0.3 is 0 Å². The Balaban J connectivity index is 2.44. The molecule has 17 heavy (non-hydrogen) atoms. The highest BCUT2D eigenvalue weighted by atomic mass is 16.7. The number of hydroxylamine groups is 1. The number of hydrogen-bond acceptors (Lipinski definition) is 4. The van der Waals surface area contributed by atoms with Crippen molar-refractivity contribution in [3.8, 4) is 0 Å².